The van der Waals surface area contributed by atoms with E-state index in [9.17, 15) is 4.91 Å². The molecule has 1 heterocycles. The number of nitrogens with zero attached hydrogens (tertiary/aromatic N) is 2. The quantitative estimate of drug-likeness (QED) is 0.502. The van der Waals surface area contributed by atoms with Crippen molar-refractivity contribution >= 4 is 0 Å². The summed E-state index contributed by atoms with van der Waals surface area (Å²) in [5.74, 6) is 0. The Morgan fingerprint density at radius 2 is 1.78 bits per heavy atom. The number of nitroso groups, excluding NO2 is 1. The van der Waals surface area contributed by atoms with E-state index in [1.54, 1.807) is 5.01 Å². The fraction of sp³-hybridized carbons (Fsp3) is 1.00. The molecule has 0 saturated carbocycles. The summed E-state index contributed by atoms with van der Waals surface area (Å²) in [6.07, 6.45) is 2.21. The molecule has 3 heteroatoms. The molecule has 0 N–H and O–H groups in total. The highest BCUT2D eigenvalue weighted by Crippen LogP contribution is 2.22. The lowest BCUT2D eigenvalue weighted by molar-refractivity contribution is 0.221. The Morgan fingerprint density at radius 1 is 1.33 bits per heavy atom. The first kappa shape index (κ1) is 6.52. The summed E-state index contributed by atoms with van der Waals surface area (Å²) >= 11 is 0. The maximum Gasteiger partial charge on any atom is 0.0529 e. The van der Waals surface area contributed by atoms with Crippen molar-refractivity contribution in [2.75, 3.05) is 0 Å². The second-order valence-corrected chi connectivity index (χ2v) is 2.74. The molecule has 2 atom stereocenters. The van der Waals surface area contributed by atoms with Crippen LogP contribution in [0.5, 0.6) is 0 Å². The molecule has 2 unspecified atom stereocenters. The predicted octanol–water partition coefficient (Wildman–Crippen LogP) is 1.54. The van der Waals surface area contributed by atoms with Gasteiger partial charge >= 0.3 is 0 Å². The van der Waals surface area contributed by atoms with Gasteiger partial charge in [-0.2, -0.15) is 0 Å². The highest BCUT2D eigenvalue weighted by molar-refractivity contribution is 4.78. The first-order chi connectivity index (χ1) is 4.25. The van der Waals surface area contributed by atoms with Crippen molar-refractivity contribution in [3.05, 3.63) is 4.91 Å². The van der Waals surface area contributed by atoms with Gasteiger partial charge in [0, 0.05) is 12.1 Å². The first-order valence-corrected chi connectivity index (χ1v) is 3.37. The van der Waals surface area contributed by atoms with Crippen molar-refractivity contribution in [1.82, 2.24) is 5.01 Å². The van der Waals surface area contributed by atoms with Crippen molar-refractivity contribution in [2.45, 2.75) is 38.8 Å². The predicted molar refractivity (Wildman–Crippen MR) is 35.8 cm³/mol. The minimum atomic E-state index is 0.359. The molecule has 0 aliphatic carbocycles. The van der Waals surface area contributed by atoms with E-state index < -0.39 is 0 Å². The molecule has 1 rings (SSSR count). The van der Waals surface area contributed by atoms with Crippen molar-refractivity contribution in [3.8, 4) is 0 Å². The van der Waals surface area contributed by atoms with Gasteiger partial charge in [0.1, 0.15) is 0 Å². The summed E-state index contributed by atoms with van der Waals surface area (Å²) in [7, 11) is 0. The van der Waals surface area contributed by atoms with Crippen LogP contribution in [-0.4, -0.2) is 17.1 Å². The summed E-state index contributed by atoms with van der Waals surface area (Å²) in [6, 6.07) is 0.718. The first-order valence-electron chi connectivity index (χ1n) is 3.37. The van der Waals surface area contributed by atoms with Gasteiger partial charge in [-0.05, 0) is 26.7 Å². The minimum Gasteiger partial charge on any atom is -0.255 e. The summed E-state index contributed by atoms with van der Waals surface area (Å²) in [5, 5.41) is 4.57. The van der Waals surface area contributed by atoms with Crippen LogP contribution in [0.1, 0.15) is 26.7 Å². The van der Waals surface area contributed by atoms with Gasteiger partial charge in [0.05, 0.1) is 5.29 Å². The Balaban J connectivity index is 2.54. The zero-order chi connectivity index (χ0) is 6.85. The molecule has 1 fully saturated rings. The van der Waals surface area contributed by atoms with Crippen LogP contribution in [0.2, 0.25) is 0 Å². The molecule has 0 aromatic rings. The Morgan fingerprint density at radius 3 is 2.00 bits per heavy atom. The molecule has 0 aromatic heterocycles. The van der Waals surface area contributed by atoms with Crippen LogP contribution in [0.15, 0.2) is 5.29 Å². The molecule has 0 radical (unpaired) electrons. The van der Waals surface area contributed by atoms with E-state index in [1.807, 2.05) is 13.8 Å². The Bertz CT molecular complexity index is 106. The van der Waals surface area contributed by atoms with Crippen LogP contribution in [0.25, 0.3) is 0 Å². The zero-order valence-electron chi connectivity index (χ0n) is 5.87. The van der Waals surface area contributed by atoms with Gasteiger partial charge in [0.25, 0.3) is 0 Å². The van der Waals surface area contributed by atoms with Gasteiger partial charge < -0.3 is 0 Å². The van der Waals surface area contributed by atoms with Crippen molar-refractivity contribution in [2.24, 2.45) is 5.29 Å². The molecule has 52 valence electrons. The summed E-state index contributed by atoms with van der Waals surface area (Å²) in [5.41, 5.74) is 0. The normalized spacial score (nSPS) is 35.1. The lowest BCUT2D eigenvalue weighted by atomic mass is 10.2. The van der Waals surface area contributed by atoms with Gasteiger partial charge in [-0.3, -0.25) is 5.01 Å². The largest absolute Gasteiger partial charge is 0.255 e. The topological polar surface area (TPSA) is 32.7 Å². The van der Waals surface area contributed by atoms with Gasteiger partial charge in [-0.1, -0.05) is 0 Å². The van der Waals surface area contributed by atoms with E-state index in [4.69, 9.17) is 0 Å². The standard InChI is InChI=1S/C6H12N2O/c1-5-3-4-6(2)8(5)7-9/h5-6H,3-4H2,1-2H3. The van der Waals surface area contributed by atoms with Gasteiger partial charge in [-0.15, -0.1) is 4.91 Å². The van der Waals surface area contributed by atoms with Crippen molar-refractivity contribution in [1.29, 1.82) is 0 Å². The number of hydrogen-bond donors (Lipinski definition) is 0. The SMILES string of the molecule is CC1CCC(C)N1N=O. The highest BCUT2D eigenvalue weighted by atomic mass is 16.3. The molecule has 0 bridgehead atoms. The average Bonchev–Trinajstić information content (AvgIpc) is 2.12. The smallest absolute Gasteiger partial charge is 0.0529 e. The second kappa shape index (κ2) is 2.33. The Labute approximate surface area is 55.0 Å². The van der Waals surface area contributed by atoms with Crippen LogP contribution in [-0.2, 0) is 0 Å². The molecule has 1 aliphatic heterocycles. The monoisotopic (exact) mass is 128 g/mol. The van der Waals surface area contributed by atoms with E-state index in [-0.39, 0.29) is 0 Å². The third kappa shape index (κ3) is 1.04. The van der Waals surface area contributed by atoms with E-state index in [2.05, 4.69) is 5.29 Å². The van der Waals surface area contributed by atoms with E-state index in [0.717, 1.165) is 12.8 Å². The molecule has 0 aromatic carbocycles. The highest BCUT2D eigenvalue weighted by Gasteiger charge is 2.26. The Hall–Kier alpha value is -0.600. The summed E-state index contributed by atoms with van der Waals surface area (Å²) in [6.45, 7) is 4.07. The van der Waals surface area contributed by atoms with Crippen LogP contribution in [0, 0.1) is 4.91 Å². The Kier molecular flexibility index (Phi) is 1.69. The van der Waals surface area contributed by atoms with Crippen molar-refractivity contribution < 1.29 is 0 Å². The number of hydrogen-bond acceptors (Lipinski definition) is 2. The molecule has 1 saturated heterocycles. The van der Waals surface area contributed by atoms with Crippen LogP contribution >= 0.6 is 0 Å². The lowest BCUT2D eigenvalue weighted by Crippen LogP contribution is -2.26. The fourth-order valence-corrected chi connectivity index (χ4v) is 1.34. The van der Waals surface area contributed by atoms with E-state index >= 15 is 0 Å². The van der Waals surface area contributed by atoms with Crippen LogP contribution in [0.4, 0.5) is 0 Å². The second-order valence-electron chi connectivity index (χ2n) is 2.74. The number of rotatable bonds is 1. The minimum absolute atomic E-state index is 0.359. The van der Waals surface area contributed by atoms with E-state index in [1.165, 1.54) is 0 Å². The molecule has 1 aliphatic rings. The van der Waals surface area contributed by atoms with Gasteiger partial charge in [0.15, 0.2) is 0 Å². The van der Waals surface area contributed by atoms with Gasteiger partial charge in [-0.25, -0.2) is 0 Å². The lowest BCUT2D eigenvalue weighted by Gasteiger charge is -2.17. The fourth-order valence-electron chi connectivity index (χ4n) is 1.34. The molecular formula is C6H12N2O. The van der Waals surface area contributed by atoms with Crippen LogP contribution < -0.4 is 0 Å². The van der Waals surface area contributed by atoms with Crippen molar-refractivity contribution in [3.63, 3.8) is 0 Å². The molecule has 9 heavy (non-hydrogen) atoms. The maximum atomic E-state index is 10.1. The molecule has 3 nitrogen and oxygen atoms in total. The third-order valence-corrected chi connectivity index (χ3v) is 2.00. The summed E-state index contributed by atoms with van der Waals surface area (Å²) < 4.78 is 0. The molecule has 0 amide bonds. The molecular weight excluding hydrogens is 116 g/mol. The van der Waals surface area contributed by atoms with Crippen LogP contribution in [0.3, 0.4) is 0 Å². The third-order valence-electron chi connectivity index (χ3n) is 2.00. The zero-order valence-corrected chi connectivity index (χ0v) is 5.87. The maximum absolute atomic E-state index is 10.1. The average molecular weight is 128 g/mol. The molecule has 0 spiro atoms. The van der Waals surface area contributed by atoms with E-state index in [0.29, 0.717) is 12.1 Å². The van der Waals surface area contributed by atoms with Gasteiger partial charge in [0.2, 0.25) is 0 Å². The summed E-state index contributed by atoms with van der Waals surface area (Å²) in [4.78, 5) is 10.1.